The Kier molecular flexibility index (Phi) is 5.12. The Morgan fingerprint density at radius 3 is 2.61 bits per heavy atom. The number of halogens is 3. The predicted octanol–water partition coefficient (Wildman–Crippen LogP) is 3.08. The fourth-order valence-electron chi connectivity index (χ4n) is 1.14. The van der Waals surface area contributed by atoms with Gasteiger partial charge in [-0.25, -0.2) is 17.6 Å². The van der Waals surface area contributed by atoms with Crippen LogP contribution in [0.25, 0.3) is 0 Å². The van der Waals surface area contributed by atoms with E-state index in [0.717, 1.165) is 12.1 Å². The molecule has 100 valence electrons. The fraction of sp³-hybridized carbons (Fsp3) is 0.300. The first kappa shape index (κ1) is 15.4. The van der Waals surface area contributed by atoms with Gasteiger partial charge >= 0.3 is 5.97 Å². The zero-order valence-electron chi connectivity index (χ0n) is 9.24. The number of carbonyl (C=O) groups excluding carboxylic acids is 1. The van der Waals surface area contributed by atoms with E-state index in [1.54, 1.807) is 6.92 Å². The molecule has 0 heterocycles. The van der Waals surface area contributed by atoms with Crippen LogP contribution in [0.4, 0.5) is 4.39 Å². The third kappa shape index (κ3) is 3.66. The van der Waals surface area contributed by atoms with Gasteiger partial charge in [-0.15, -0.1) is 0 Å². The molecule has 1 aromatic carbocycles. The Labute approximate surface area is 117 Å². The summed E-state index contributed by atoms with van der Waals surface area (Å²) < 4.78 is 40.6. The minimum absolute atomic E-state index is 0.0537. The van der Waals surface area contributed by atoms with Crippen molar-refractivity contribution in [3.8, 4) is 0 Å². The maximum Gasteiger partial charge on any atom is 0.341 e. The molecule has 1 rings (SSSR count). The molecule has 8 heteroatoms. The van der Waals surface area contributed by atoms with Crippen molar-refractivity contribution in [3.05, 3.63) is 28.0 Å². The van der Waals surface area contributed by atoms with Crippen LogP contribution in [-0.2, 0) is 13.8 Å². The Balaban J connectivity index is 3.26. The maximum absolute atomic E-state index is 13.5. The highest BCUT2D eigenvalue weighted by Gasteiger charge is 2.22. The van der Waals surface area contributed by atoms with Crippen molar-refractivity contribution in [2.75, 3.05) is 6.61 Å². The van der Waals surface area contributed by atoms with Crippen LogP contribution in [0.1, 0.15) is 23.7 Å². The first-order valence-corrected chi connectivity index (χ1v) is 7.98. The highest BCUT2D eigenvalue weighted by Crippen LogP contribution is 2.28. The van der Waals surface area contributed by atoms with Crippen LogP contribution in [-0.4, -0.2) is 21.0 Å². The Hall–Kier alpha value is -0.660. The fourth-order valence-corrected chi connectivity index (χ4v) is 3.31. The number of rotatable bonds is 4. The third-order valence-corrected chi connectivity index (χ3v) is 4.22. The average molecular weight is 360 g/mol. The van der Waals surface area contributed by atoms with Gasteiger partial charge in [-0.05, 0) is 34.5 Å². The summed E-state index contributed by atoms with van der Waals surface area (Å²) in [5.74, 6) is -1.81. The quantitative estimate of drug-likeness (QED) is 0.612. The molecule has 0 bridgehead atoms. The molecule has 4 nitrogen and oxygen atoms in total. The van der Waals surface area contributed by atoms with Crippen LogP contribution < -0.4 is 0 Å². The van der Waals surface area contributed by atoms with Crippen LogP contribution in [0, 0.1) is 5.82 Å². The van der Waals surface area contributed by atoms with Crippen molar-refractivity contribution < 1.29 is 22.3 Å². The van der Waals surface area contributed by atoms with E-state index in [4.69, 9.17) is 15.4 Å². The normalized spacial score (nSPS) is 11.3. The first-order chi connectivity index (χ1) is 8.27. The van der Waals surface area contributed by atoms with Crippen LogP contribution >= 0.6 is 26.6 Å². The molecular weight excluding hydrogens is 351 g/mol. The van der Waals surface area contributed by atoms with Gasteiger partial charge in [0.1, 0.15) is 5.82 Å². The molecule has 0 aromatic heterocycles. The number of benzene rings is 1. The Morgan fingerprint density at radius 2 is 2.11 bits per heavy atom. The largest absolute Gasteiger partial charge is 0.462 e. The lowest BCUT2D eigenvalue weighted by Crippen LogP contribution is -2.09. The highest BCUT2D eigenvalue weighted by molar-refractivity contribution is 9.10. The first-order valence-electron chi connectivity index (χ1n) is 4.88. The van der Waals surface area contributed by atoms with Gasteiger partial charge in [0.25, 0.3) is 9.05 Å². The van der Waals surface area contributed by atoms with E-state index < -0.39 is 26.4 Å². The van der Waals surface area contributed by atoms with E-state index in [1.807, 2.05) is 0 Å². The third-order valence-electron chi connectivity index (χ3n) is 1.94. The van der Waals surface area contributed by atoms with Gasteiger partial charge in [-0.2, -0.15) is 0 Å². The number of ether oxygens (including phenoxy) is 1. The van der Waals surface area contributed by atoms with Gasteiger partial charge in [0.05, 0.1) is 17.1 Å². The van der Waals surface area contributed by atoms with Crippen molar-refractivity contribution in [2.24, 2.45) is 0 Å². The number of carbonyl (C=O) groups is 1. The number of hydrogen-bond donors (Lipinski definition) is 0. The summed E-state index contributed by atoms with van der Waals surface area (Å²) >= 11 is 2.86. The van der Waals surface area contributed by atoms with E-state index in [9.17, 15) is 17.6 Å². The summed E-state index contributed by atoms with van der Waals surface area (Å²) in [6.07, 6.45) is 0.574. The molecule has 0 radical (unpaired) electrons. The Morgan fingerprint density at radius 1 is 1.50 bits per heavy atom. The van der Waals surface area contributed by atoms with Gasteiger partial charge in [0.2, 0.25) is 0 Å². The number of esters is 1. The molecule has 18 heavy (non-hydrogen) atoms. The van der Waals surface area contributed by atoms with Crippen LogP contribution in [0.3, 0.4) is 0 Å². The standard InChI is InChI=1S/C10H9BrClFO4S/c1-2-3-17-10(14)6-4-9(18(12,15)16)7(11)5-8(6)13/h4-5H,2-3H2,1H3. The SMILES string of the molecule is CCCOC(=O)c1cc(S(=O)(=O)Cl)c(Br)cc1F. The molecule has 0 unspecified atom stereocenters. The van der Waals surface area contributed by atoms with Gasteiger partial charge in [-0.1, -0.05) is 6.92 Å². The molecule has 0 saturated carbocycles. The summed E-state index contributed by atoms with van der Waals surface area (Å²) in [5, 5.41) is 0. The van der Waals surface area contributed by atoms with E-state index in [-0.39, 0.29) is 16.0 Å². The molecule has 0 amide bonds. The van der Waals surface area contributed by atoms with Crippen LogP contribution in [0.2, 0.25) is 0 Å². The van der Waals surface area contributed by atoms with Gasteiger partial charge < -0.3 is 4.74 Å². The highest BCUT2D eigenvalue weighted by atomic mass is 79.9. The van der Waals surface area contributed by atoms with Gasteiger partial charge in [-0.3, -0.25) is 0 Å². The lowest BCUT2D eigenvalue weighted by atomic mass is 10.2. The van der Waals surface area contributed by atoms with Crippen LogP contribution in [0.15, 0.2) is 21.5 Å². The summed E-state index contributed by atoms with van der Waals surface area (Å²) in [5.41, 5.74) is -0.467. The second-order valence-electron chi connectivity index (χ2n) is 3.34. The molecule has 1 aromatic rings. The smallest absolute Gasteiger partial charge is 0.341 e. The summed E-state index contributed by atoms with van der Waals surface area (Å²) in [6.45, 7) is 1.90. The van der Waals surface area contributed by atoms with Crippen molar-refractivity contribution >= 4 is 41.6 Å². The van der Waals surface area contributed by atoms with E-state index in [1.165, 1.54) is 0 Å². The molecule has 0 fully saturated rings. The lowest BCUT2D eigenvalue weighted by molar-refractivity contribution is 0.0499. The molecule has 0 spiro atoms. The molecular formula is C10H9BrClFO4S. The topological polar surface area (TPSA) is 60.4 Å². The molecule has 0 aliphatic carbocycles. The number of hydrogen-bond acceptors (Lipinski definition) is 4. The van der Waals surface area contributed by atoms with Crippen molar-refractivity contribution in [1.82, 2.24) is 0 Å². The average Bonchev–Trinajstić information content (AvgIpc) is 2.24. The van der Waals surface area contributed by atoms with Crippen molar-refractivity contribution in [1.29, 1.82) is 0 Å². The molecule has 0 aliphatic heterocycles. The van der Waals surface area contributed by atoms with E-state index >= 15 is 0 Å². The maximum atomic E-state index is 13.5. The van der Waals surface area contributed by atoms with Gasteiger partial charge in [0, 0.05) is 15.2 Å². The summed E-state index contributed by atoms with van der Waals surface area (Å²) in [6, 6.07) is 1.71. The zero-order chi connectivity index (χ0) is 13.9. The minimum Gasteiger partial charge on any atom is -0.462 e. The van der Waals surface area contributed by atoms with Crippen molar-refractivity contribution in [2.45, 2.75) is 18.2 Å². The lowest BCUT2D eigenvalue weighted by Gasteiger charge is -2.07. The van der Waals surface area contributed by atoms with Gasteiger partial charge in [0.15, 0.2) is 0 Å². The second kappa shape index (κ2) is 5.99. The Bertz CT molecular complexity index is 573. The van der Waals surface area contributed by atoms with Crippen molar-refractivity contribution in [3.63, 3.8) is 0 Å². The minimum atomic E-state index is -4.08. The van der Waals surface area contributed by atoms with Crippen LogP contribution in [0.5, 0.6) is 0 Å². The predicted molar refractivity (Wildman–Crippen MR) is 67.7 cm³/mol. The van der Waals surface area contributed by atoms with E-state index in [2.05, 4.69) is 15.9 Å². The summed E-state index contributed by atoms with van der Waals surface area (Å²) in [4.78, 5) is 11.1. The summed E-state index contributed by atoms with van der Waals surface area (Å²) in [7, 11) is 1.09. The molecule has 0 N–H and O–H groups in total. The second-order valence-corrected chi connectivity index (χ2v) is 6.72. The van der Waals surface area contributed by atoms with E-state index in [0.29, 0.717) is 6.42 Å². The molecule has 0 saturated heterocycles. The zero-order valence-corrected chi connectivity index (χ0v) is 12.4. The molecule has 0 aliphatic rings. The molecule has 0 atom stereocenters. The monoisotopic (exact) mass is 358 g/mol.